The summed E-state index contributed by atoms with van der Waals surface area (Å²) in [4.78, 5) is 12.9. The molecule has 0 bridgehead atoms. The predicted molar refractivity (Wildman–Crippen MR) is 119 cm³/mol. The van der Waals surface area contributed by atoms with Crippen LogP contribution in [0.2, 0.25) is 0 Å². The van der Waals surface area contributed by atoms with Crippen LogP contribution in [-0.2, 0) is 11.2 Å². The van der Waals surface area contributed by atoms with Crippen LogP contribution in [0.4, 0.5) is 0 Å². The van der Waals surface area contributed by atoms with Gasteiger partial charge in [-0.1, -0.05) is 62.0 Å². The lowest BCUT2D eigenvalue weighted by atomic mass is 9.88. The Bertz CT molecular complexity index is 1010. The Hall–Kier alpha value is -2.67. The second-order valence-electron chi connectivity index (χ2n) is 8.03. The third-order valence-electron chi connectivity index (χ3n) is 5.58. The van der Waals surface area contributed by atoms with Crippen molar-refractivity contribution in [3.63, 3.8) is 0 Å². The fourth-order valence-corrected chi connectivity index (χ4v) is 4.64. The molecule has 6 nitrogen and oxygen atoms in total. The second-order valence-corrected chi connectivity index (χ2v) is 9.34. The maximum atomic E-state index is 12.9. The third kappa shape index (κ3) is 4.41. The van der Waals surface area contributed by atoms with Crippen LogP contribution < -0.4 is 5.32 Å². The Balaban J connectivity index is 1.44. The molecule has 1 heterocycles. The molecule has 1 aliphatic carbocycles. The van der Waals surface area contributed by atoms with Gasteiger partial charge in [-0.05, 0) is 71.4 Å². The molecule has 156 valence electrons. The first-order chi connectivity index (χ1) is 14.5. The van der Waals surface area contributed by atoms with E-state index < -0.39 is 0 Å². The van der Waals surface area contributed by atoms with Gasteiger partial charge in [0.15, 0.2) is 0 Å². The zero-order chi connectivity index (χ0) is 21.1. The first-order valence-electron chi connectivity index (χ1n) is 10.5. The maximum absolute atomic E-state index is 12.9. The second kappa shape index (κ2) is 9.00. The predicted octanol–water partition coefficient (Wildman–Crippen LogP) is 4.46. The molecule has 2 aromatic carbocycles. The van der Waals surface area contributed by atoms with Crippen molar-refractivity contribution in [3.05, 3.63) is 65.2 Å². The topological polar surface area (TPSA) is 72.7 Å². The Kier molecular flexibility index (Phi) is 6.18. The molecule has 1 N–H and O–H groups in total. The largest absolute Gasteiger partial charge is 0.348 e. The molecule has 0 aliphatic heterocycles. The molecule has 3 aromatic rings. The number of nitrogens with one attached hydrogen (secondary N) is 1. The number of aryl methyl sites for hydroxylation is 1. The number of hydrogen-bond acceptors (Lipinski definition) is 5. The number of hydrogen-bond donors (Lipinski definition) is 1. The molecule has 0 unspecified atom stereocenters. The quantitative estimate of drug-likeness (QED) is 0.595. The lowest BCUT2D eigenvalue weighted by Crippen LogP contribution is -2.36. The van der Waals surface area contributed by atoms with Gasteiger partial charge in [-0.15, -0.1) is 5.10 Å². The van der Waals surface area contributed by atoms with Crippen molar-refractivity contribution >= 4 is 17.7 Å². The number of benzene rings is 2. The first kappa shape index (κ1) is 20.6. The summed E-state index contributed by atoms with van der Waals surface area (Å²) in [6.45, 7) is 6.23. The van der Waals surface area contributed by atoms with Crippen LogP contribution in [0.1, 0.15) is 62.3 Å². The first-order valence-corrected chi connectivity index (χ1v) is 11.3. The Labute approximate surface area is 181 Å². The number of aromatic nitrogens is 4. The van der Waals surface area contributed by atoms with Crippen molar-refractivity contribution in [2.45, 2.75) is 62.4 Å². The summed E-state index contributed by atoms with van der Waals surface area (Å²) in [7, 11) is 0. The number of amides is 1. The van der Waals surface area contributed by atoms with Crippen LogP contribution in [-0.4, -0.2) is 31.4 Å². The molecule has 2 atom stereocenters. The van der Waals surface area contributed by atoms with E-state index >= 15 is 0 Å². The van der Waals surface area contributed by atoms with Crippen LogP contribution in [0.5, 0.6) is 0 Å². The van der Waals surface area contributed by atoms with Crippen LogP contribution in [0.25, 0.3) is 5.69 Å². The molecular formula is C23H27N5OS. The van der Waals surface area contributed by atoms with E-state index in [1.807, 2.05) is 25.1 Å². The number of fused-ring (bicyclic) bond motifs is 1. The van der Waals surface area contributed by atoms with Crippen LogP contribution in [0.3, 0.4) is 0 Å². The van der Waals surface area contributed by atoms with Crippen molar-refractivity contribution < 1.29 is 4.79 Å². The van der Waals surface area contributed by atoms with Gasteiger partial charge in [0.25, 0.3) is 0 Å². The highest BCUT2D eigenvalue weighted by molar-refractivity contribution is 8.00. The van der Waals surface area contributed by atoms with Crippen LogP contribution in [0.15, 0.2) is 53.7 Å². The van der Waals surface area contributed by atoms with E-state index in [0.717, 1.165) is 24.9 Å². The van der Waals surface area contributed by atoms with Crippen molar-refractivity contribution in [2.75, 3.05) is 0 Å². The minimum Gasteiger partial charge on any atom is -0.348 e. The molecule has 0 radical (unpaired) electrons. The summed E-state index contributed by atoms with van der Waals surface area (Å²) in [6.07, 6.45) is 3.14. The van der Waals surface area contributed by atoms with Gasteiger partial charge in [-0.3, -0.25) is 4.79 Å². The van der Waals surface area contributed by atoms with Crippen LogP contribution in [0, 0.1) is 0 Å². The van der Waals surface area contributed by atoms with E-state index in [9.17, 15) is 4.79 Å². The van der Waals surface area contributed by atoms with E-state index in [2.05, 4.69) is 65.0 Å². The van der Waals surface area contributed by atoms with Gasteiger partial charge in [0.05, 0.1) is 17.0 Å². The Morgan fingerprint density at radius 2 is 1.90 bits per heavy atom. The molecule has 7 heteroatoms. The molecule has 1 aromatic heterocycles. The highest BCUT2D eigenvalue weighted by Crippen LogP contribution is 2.30. The van der Waals surface area contributed by atoms with Crippen molar-refractivity contribution in [1.82, 2.24) is 25.5 Å². The molecule has 1 aliphatic rings. The monoisotopic (exact) mass is 421 g/mol. The summed E-state index contributed by atoms with van der Waals surface area (Å²) in [5.74, 6) is 0.474. The van der Waals surface area contributed by atoms with Crippen molar-refractivity contribution in [3.8, 4) is 5.69 Å². The molecule has 0 saturated carbocycles. The minimum atomic E-state index is -0.307. The minimum absolute atomic E-state index is 0.00593. The number of thioether (sulfide) groups is 1. The zero-order valence-corrected chi connectivity index (χ0v) is 18.4. The average molecular weight is 422 g/mol. The van der Waals surface area contributed by atoms with E-state index in [1.54, 1.807) is 4.68 Å². The van der Waals surface area contributed by atoms with Gasteiger partial charge >= 0.3 is 0 Å². The van der Waals surface area contributed by atoms with E-state index in [-0.39, 0.29) is 17.2 Å². The molecular weight excluding hydrogens is 394 g/mol. The van der Waals surface area contributed by atoms with Gasteiger partial charge in [-0.2, -0.15) is 4.68 Å². The summed E-state index contributed by atoms with van der Waals surface area (Å²) < 4.78 is 1.69. The molecule has 0 spiro atoms. The Morgan fingerprint density at radius 3 is 2.67 bits per heavy atom. The molecule has 1 amide bonds. The Morgan fingerprint density at radius 1 is 1.13 bits per heavy atom. The van der Waals surface area contributed by atoms with Gasteiger partial charge in [-0.25, -0.2) is 0 Å². The third-order valence-corrected chi connectivity index (χ3v) is 6.62. The number of rotatable bonds is 6. The van der Waals surface area contributed by atoms with Gasteiger partial charge < -0.3 is 5.32 Å². The lowest BCUT2D eigenvalue weighted by Gasteiger charge is -2.27. The molecule has 30 heavy (non-hydrogen) atoms. The smallest absolute Gasteiger partial charge is 0.233 e. The van der Waals surface area contributed by atoms with Gasteiger partial charge in [0, 0.05) is 0 Å². The molecule has 0 saturated heterocycles. The standard InChI is InChI=1S/C23H27N5OS/c1-15(2)17-11-13-19(14-12-17)28-23(25-26-27-28)30-16(3)22(29)24-21-10-6-8-18-7-4-5-9-20(18)21/h4-5,7,9,11-16,21H,6,8,10H2,1-3H3,(H,24,29)/t16-,21+/m1/s1. The van der Waals surface area contributed by atoms with Gasteiger partial charge in [0.2, 0.25) is 11.1 Å². The fourth-order valence-electron chi connectivity index (χ4n) is 3.82. The fraction of sp³-hybridized carbons (Fsp3) is 0.391. The van der Waals surface area contributed by atoms with Crippen molar-refractivity contribution in [2.24, 2.45) is 0 Å². The normalized spacial score (nSPS) is 16.9. The van der Waals surface area contributed by atoms with E-state index in [1.165, 1.54) is 28.5 Å². The highest BCUT2D eigenvalue weighted by atomic mass is 32.2. The lowest BCUT2D eigenvalue weighted by molar-refractivity contribution is -0.121. The summed E-state index contributed by atoms with van der Waals surface area (Å²) in [6, 6.07) is 16.7. The van der Waals surface area contributed by atoms with Crippen molar-refractivity contribution in [1.29, 1.82) is 0 Å². The maximum Gasteiger partial charge on any atom is 0.233 e. The summed E-state index contributed by atoms with van der Waals surface area (Å²) in [5, 5.41) is 15.6. The van der Waals surface area contributed by atoms with Crippen LogP contribution >= 0.6 is 11.8 Å². The van der Waals surface area contributed by atoms with E-state index in [0.29, 0.717) is 11.1 Å². The number of tetrazole rings is 1. The molecule has 4 rings (SSSR count). The number of carbonyl (C=O) groups is 1. The van der Waals surface area contributed by atoms with Gasteiger partial charge in [0.1, 0.15) is 0 Å². The number of carbonyl (C=O) groups excluding carboxylic acids is 1. The average Bonchev–Trinajstić information content (AvgIpc) is 3.22. The zero-order valence-electron chi connectivity index (χ0n) is 17.6. The van der Waals surface area contributed by atoms with E-state index in [4.69, 9.17) is 0 Å². The number of nitrogens with zero attached hydrogens (tertiary/aromatic N) is 4. The summed E-state index contributed by atoms with van der Waals surface area (Å²) in [5.41, 5.74) is 4.73. The molecule has 0 fully saturated rings. The highest BCUT2D eigenvalue weighted by Gasteiger charge is 2.25. The summed E-state index contributed by atoms with van der Waals surface area (Å²) >= 11 is 1.37. The SMILES string of the molecule is CC(C)c1ccc(-n2nnnc2S[C@H](C)C(=O)N[C@H]2CCCc3ccccc32)cc1.